The molecule has 2 heteroatoms. The number of rotatable bonds is 0. The van der Waals surface area contributed by atoms with Crippen molar-refractivity contribution in [3.63, 3.8) is 0 Å². The van der Waals surface area contributed by atoms with Crippen LogP contribution in [0.2, 0.25) is 0 Å². The van der Waals surface area contributed by atoms with Crippen LogP contribution in [-0.2, 0) is 6.42 Å². The van der Waals surface area contributed by atoms with Crippen molar-refractivity contribution < 1.29 is 4.42 Å². The molecule has 1 aliphatic carbocycles. The molecule has 0 saturated heterocycles. The summed E-state index contributed by atoms with van der Waals surface area (Å²) in [4.78, 5) is 4.45. The lowest BCUT2D eigenvalue weighted by Gasteiger charge is -1.98. The molecule has 0 N–H and O–H groups in total. The van der Waals surface area contributed by atoms with Crippen molar-refractivity contribution in [3.8, 4) is 0 Å². The maximum atomic E-state index is 6.02. The van der Waals surface area contributed by atoms with Gasteiger partial charge in [0.1, 0.15) is 11.3 Å². The third-order valence-electron chi connectivity index (χ3n) is 3.25. The Kier molecular flexibility index (Phi) is 1.92. The number of hydrogen-bond acceptors (Lipinski definition) is 2. The summed E-state index contributed by atoms with van der Waals surface area (Å²) in [5.41, 5.74) is 3.08. The fourth-order valence-corrected chi connectivity index (χ4v) is 2.21. The summed E-state index contributed by atoms with van der Waals surface area (Å²) in [6.45, 7) is 0. The van der Waals surface area contributed by atoms with Gasteiger partial charge in [0, 0.05) is 23.4 Å². The van der Waals surface area contributed by atoms with E-state index in [0.717, 1.165) is 34.1 Å². The Morgan fingerprint density at radius 3 is 2.72 bits per heavy atom. The minimum atomic E-state index is 0.873. The van der Waals surface area contributed by atoms with Crippen molar-refractivity contribution in [2.75, 3.05) is 0 Å². The molecule has 0 unspecified atom stereocenters. The average molecular weight is 233 g/mol. The van der Waals surface area contributed by atoms with Crippen LogP contribution in [0.4, 0.5) is 0 Å². The molecule has 0 aliphatic heterocycles. The molecule has 1 aliphatic rings. The van der Waals surface area contributed by atoms with E-state index in [9.17, 15) is 0 Å². The quantitative estimate of drug-likeness (QED) is 0.458. The van der Waals surface area contributed by atoms with Gasteiger partial charge in [0.05, 0.1) is 0 Å². The monoisotopic (exact) mass is 233 g/mol. The molecule has 0 atom stereocenters. The molecule has 2 aromatic heterocycles. The molecule has 0 bridgehead atoms. The van der Waals surface area contributed by atoms with Crippen molar-refractivity contribution in [3.05, 3.63) is 66.1 Å². The van der Waals surface area contributed by atoms with Crippen molar-refractivity contribution >= 4 is 21.9 Å². The van der Waals surface area contributed by atoms with Gasteiger partial charge in [-0.2, -0.15) is 0 Å². The lowest BCUT2D eigenvalue weighted by atomic mass is 10.1. The van der Waals surface area contributed by atoms with E-state index < -0.39 is 0 Å². The fourth-order valence-electron chi connectivity index (χ4n) is 2.21. The Labute approximate surface area is 104 Å². The van der Waals surface area contributed by atoms with Crippen molar-refractivity contribution in [1.82, 2.24) is 4.98 Å². The summed E-state index contributed by atoms with van der Waals surface area (Å²) < 4.78 is 6.02. The average Bonchev–Trinajstić information content (AvgIpc) is 3.14. The largest absolute Gasteiger partial charge is 0.458 e. The highest BCUT2D eigenvalue weighted by Crippen LogP contribution is 2.30. The second-order valence-corrected chi connectivity index (χ2v) is 4.50. The van der Waals surface area contributed by atoms with Crippen LogP contribution in [-0.4, -0.2) is 4.98 Å². The predicted molar refractivity (Wildman–Crippen MR) is 71.9 cm³/mol. The highest BCUT2D eigenvalue weighted by atomic mass is 16.3. The molecule has 0 radical (unpaired) electrons. The zero-order chi connectivity index (χ0) is 11.9. The second kappa shape index (κ2) is 3.57. The Balaban J connectivity index is 2.25. The Morgan fingerprint density at radius 1 is 0.889 bits per heavy atom. The van der Waals surface area contributed by atoms with E-state index in [1.807, 2.05) is 18.3 Å². The van der Waals surface area contributed by atoms with Crippen molar-refractivity contribution in [1.29, 1.82) is 0 Å². The molecule has 0 saturated carbocycles. The summed E-state index contributed by atoms with van der Waals surface area (Å²) in [5.74, 6) is 1.06. The zero-order valence-electron chi connectivity index (χ0n) is 9.76. The van der Waals surface area contributed by atoms with Crippen LogP contribution in [0, 0.1) is 0 Å². The summed E-state index contributed by atoms with van der Waals surface area (Å²) in [6.07, 6.45) is 2.76. The molecule has 2 heterocycles. The fraction of sp³-hybridized carbons (Fsp3) is 0.0625. The van der Waals surface area contributed by atoms with Gasteiger partial charge in [0.25, 0.3) is 0 Å². The standard InChI is InChI=1S/C16H11NO/c1-2-5-13-10-14(13)18-16-12(4-1)8-7-11-6-3-9-17-15(11)16/h1-9H,10H2. The lowest BCUT2D eigenvalue weighted by Crippen LogP contribution is -1.78. The van der Waals surface area contributed by atoms with E-state index in [2.05, 4.69) is 41.4 Å². The van der Waals surface area contributed by atoms with Crippen LogP contribution in [0.3, 0.4) is 0 Å². The predicted octanol–water partition coefficient (Wildman–Crippen LogP) is 4.01. The van der Waals surface area contributed by atoms with Gasteiger partial charge in [-0.25, -0.2) is 0 Å². The molecule has 1 aromatic carbocycles. The minimum Gasteiger partial charge on any atom is -0.458 e. The highest BCUT2D eigenvalue weighted by Gasteiger charge is 2.17. The summed E-state index contributed by atoms with van der Waals surface area (Å²) in [6, 6.07) is 16.4. The van der Waals surface area contributed by atoms with Gasteiger partial charge < -0.3 is 4.42 Å². The molecular formula is C16H11NO. The van der Waals surface area contributed by atoms with Crippen LogP contribution >= 0.6 is 0 Å². The second-order valence-electron chi connectivity index (χ2n) is 4.50. The zero-order valence-corrected chi connectivity index (χ0v) is 9.76. The van der Waals surface area contributed by atoms with E-state index in [1.165, 1.54) is 5.56 Å². The van der Waals surface area contributed by atoms with Gasteiger partial charge in [0.15, 0.2) is 5.58 Å². The summed E-state index contributed by atoms with van der Waals surface area (Å²) >= 11 is 0. The van der Waals surface area contributed by atoms with Gasteiger partial charge in [-0.05, 0) is 11.6 Å². The number of pyridine rings is 1. The molecule has 4 rings (SSSR count). The first-order chi connectivity index (χ1) is 8.92. The third-order valence-corrected chi connectivity index (χ3v) is 3.25. The number of hydrogen-bond donors (Lipinski definition) is 0. The molecule has 86 valence electrons. The van der Waals surface area contributed by atoms with E-state index in [-0.39, 0.29) is 0 Å². The van der Waals surface area contributed by atoms with Gasteiger partial charge >= 0.3 is 0 Å². The van der Waals surface area contributed by atoms with E-state index in [0.29, 0.717) is 0 Å². The highest BCUT2D eigenvalue weighted by molar-refractivity contribution is 6.01. The van der Waals surface area contributed by atoms with Crippen LogP contribution in [0.5, 0.6) is 0 Å². The first-order valence-electron chi connectivity index (χ1n) is 6.04. The first-order valence-corrected chi connectivity index (χ1v) is 6.04. The van der Waals surface area contributed by atoms with Crippen LogP contribution in [0.25, 0.3) is 21.9 Å². The molecule has 0 amide bonds. The van der Waals surface area contributed by atoms with Gasteiger partial charge in [-0.1, -0.05) is 42.5 Å². The minimum absolute atomic E-state index is 0.873. The first kappa shape index (κ1) is 9.66. The molecular weight excluding hydrogens is 222 g/mol. The van der Waals surface area contributed by atoms with Crippen LogP contribution < -0.4 is 0 Å². The van der Waals surface area contributed by atoms with Crippen molar-refractivity contribution in [2.24, 2.45) is 0 Å². The van der Waals surface area contributed by atoms with Crippen molar-refractivity contribution in [2.45, 2.75) is 6.42 Å². The summed E-state index contributed by atoms with van der Waals surface area (Å²) in [5, 5.41) is 2.19. The smallest absolute Gasteiger partial charge is 0.160 e. The number of fused-ring (bicyclic) bond motifs is 4. The van der Waals surface area contributed by atoms with E-state index >= 15 is 0 Å². The normalized spacial score (nSPS) is 12.2. The molecule has 0 spiro atoms. The van der Waals surface area contributed by atoms with Crippen LogP contribution in [0.15, 0.2) is 59.1 Å². The lowest BCUT2D eigenvalue weighted by molar-refractivity contribution is 0.596. The third kappa shape index (κ3) is 1.46. The Hall–Kier alpha value is -2.35. The SMILES string of the molecule is c1ccc2ccc3cccnc3c2oc2c(c1)C2. The topological polar surface area (TPSA) is 26.0 Å². The number of benzene rings is 1. The molecule has 18 heavy (non-hydrogen) atoms. The molecule has 0 fully saturated rings. The van der Waals surface area contributed by atoms with E-state index in [4.69, 9.17) is 4.42 Å². The number of aromatic nitrogens is 1. The van der Waals surface area contributed by atoms with Gasteiger partial charge in [0.2, 0.25) is 0 Å². The molecule has 3 aromatic rings. The van der Waals surface area contributed by atoms with Crippen LogP contribution in [0.1, 0.15) is 11.3 Å². The van der Waals surface area contributed by atoms with Gasteiger partial charge in [-0.3, -0.25) is 4.98 Å². The summed E-state index contributed by atoms with van der Waals surface area (Å²) in [7, 11) is 0. The maximum absolute atomic E-state index is 6.02. The Bertz CT molecular complexity index is 816. The van der Waals surface area contributed by atoms with E-state index in [1.54, 1.807) is 0 Å². The molecule has 2 nitrogen and oxygen atoms in total. The Morgan fingerprint density at radius 2 is 1.72 bits per heavy atom. The maximum Gasteiger partial charge on any atom is 0.160 e. The van der Waals surface area contributed by atoms with Gasteiger partial charge in [-0.15, -0.1) is 0 Å². The number of nitrogens with zero attached hydrogens (tertiary/aromatic N) is 1.